The van der Waals surface area contributed by atoms with Gasteiger partial charge in [-0.25, -0.2) is 4.39 Å². The van der Waals surface area contributed by atoms with Crippen LogP contribution < -0.4 is 10.6 Å². The summed E-state index contributed by atoms with van der Waals surface area (Å²) in [7, 11) is 1.46. The number of aromatic hydroxyl groups is 2. The van der Waals surface area contributed by atoms with Crippen LogP contribution in [-0.2, 0) is 31.1 Å². The zero-order valence-corrected chi connectivity index (χ0v) is 17.7. The van der Waals surface area contributed by atoms with Crippen molar-refractivity contribution in [3.05, 3.63) is 53.3 Å². The van der Waals surface area contributed by atoms with E-state index in [-0.39, 0.29) is 36.6 Å². The molecule has 0 aromatic heterocycles. The number of methoxy groups -OCH3 is 1. The Bertz CT molecular complexity index is 1190. The summed E-state index contributed by atoms with van der Waals surface area (Å²) in [5.74, 6) is -4.60. The molecule has 0 radical (unpaired) electrons. The number of carbonyl (C=O) groups is 3. The molecule has 10 heteroatoms. The topological polar surface area (TPSA) is 128 Å². The fourth-order valence-electron chi connectivity index (χ4n) is 5.36. The second kappa shape index (κ2) is 7.53. The summed E-state index contributed by atoms with van der Waals surface area (Å²) in [5, 5.41) is 25.4. The lowest BCUT2D eigenvalue weighted by molar-refractivity contribution is -0.143. The zero-order valence-electron chi connectivity index (χ0n) is 17.7. The number of rotatable bonds is 5. The van der Waals surface area contributed by atoms with Gasteiger partial charge in [0.25, 0.3) is 0 Å². The molecule has 0 unspecified atom stereocenters. The molecule has 2 fully saturated rings. The number of anilines is 1. The number of likely N-dealkylation sites (tertiary alicyclic amines) is 1. The third-order valence-corrected chi connectivity index (χ3v) is 6.78. The molecule has 3 heterocycles. The molecule has 2 aromatic carbocycles. The Hall–Kier alpha value is -3.50. The molecular formula is C23H22FN3O6. The molecular weight excluding hydrogens is 433 g/mol. The summed E-state index contributed by atoms with van der Waals surface area (Å²) in [6, 6.07) is 7.47. The van der Waals surface area contributed by atoms with Crippen LogP contribution in [0.3, 0.4) is 0 Å². The Morgan fingerprint density at radius 3 is 2.61 bits per heavy atom. The van der Waals surface area contributed by atoms with Crippen LogP contribution in [0.25, 0.3) is 0 Å². The lowest BCUT2D eigenvalue weighted by Crippen LogP contribution is -2.53. The summed E-state index contributed by atoms with van der Waals surface area (Å²) < 4.78 is 19.3. The monoisotopic (exact) mass is 455 g/mol. The van der Waals surface area contributed by atoms with Crippen LogP contribution in [0, 0.1) is 17.7 Å². The molecule has 3 aliphatic rings. The number of nitrogens with zero attached hydrogens (tertiary/aromatic N) is 1. The molecule has 2 aromatic rings. The van der Waals surface area contributed by atoms with Gasteiger partial charge in [-0.3, -0.25) is 24.6 Å². The van der Waals surface area contributed by atoms with Crippen molar-refractivity contribution in [3.8, 4) is 11.5 Å². The molecule has 9 nitrogen and oxygen atoms in total. The highest BCUT2D eigenvalue weighted by Crippen LogP contribution is 2.53. The fraction of sp³-hybridized carbons (Fsp3) is 0.348. The van der Waals surface area contributed by atoms with Crippen LogP contribution in [0.1, 0.15) is 11.1 Å². The summed E-state index contributed by atoms with van der Waals surface area (Å²) in [6.07, 6.45) is 0.186. The SMILES string of the molecule is COCCN1C(=O)[C@H]2[C@@H](C1=O)[C@@]1(N[C@@H]2Cc2ccc(O)c(O)c2)C(=O)Nc2ccc(F)cc21. The smallest absolute Gasteiger partial charge is 0.250 e. The normalized spacial score (nSPS) is 27.9. The number of benzene rings is 2. The van der Waals surface area contributed by atoms with Crippen LogP contribution in [0.5, 0.6) is 11.5 Å². The second-order valence-corrected chi connectivity index (χ2v) is 8.55. The van der Waals surface area contributed by atoms with Gasteiger partial charge in [-0.2, -0.15) is 0 Å². The first-order valence-corrected chi connectivity index (χ1v) is 10.5. The highest BCUT2D eigenvalue weighted by molar-refractivity contribution is 6.15. The van der Waals surface area contributed by atoms with Crippen molar-refractivity contribution in [2.75, 3.05) is 25.6 Å². The Balaban J connectivity index is 1.61. The van der Waals surface area contributed by atoms with E-state index in [2.05, 4.69) is 10.6 Å². The Morgan fingerprint density at radius 2 is 1.88 bits per heavy atom. The van der Waals surface area contributed by atoms with Crippen LogP contribution in [0.4, 0.5) is 10.1 Å². The van der Waals surface area contributed by atoms with E-state index < -0.39 is 47.0 Å². The molecule has 3 amide bonds. The van der Waals surface area contributed by atoms with Gasteiger partial charge in [0.2, 0.25) is 17.7 Å². The van der Waals surface area contributed by atoms with E-state index >= 15 is 0 Å². The summed E-state index contributed by atoms with van der Waals surface area (Å²) in [4.78, 5) is 41.2. The number of nitrogens with one attached hydrogen (secondary N) is 2. The lowest BCUT2D eigenvalue weighted by atomic mass is 9.76. The molecule has 1 spiro atoms. The number of carbonyl (C=O) groups excluding carboxylic acids is 3. The molecule has 33 heavy (non-hydrogen) atoms. The standard InChI is InChI=1S/C23H22FN3O6/c1-33-7-6-27-20(30)18-15(8-11-2-5-16(28)17(29)9-11)26-23(19(18)21(27)31)13-10-12(24)3-4-14(13)25-22(23)32/h2-5,9-10,15,18-19,26,28-29H,6-8H2,1H3,(H,25,32)/t15-,18-,19+,23-/m1/s1. The van der Waals surface area contributed by atoms with Crippen LogP contribution in [0.15, 0.2) is 36.4 Å². The fourth-order valence-corrected chi connectivity index (χ4v) is 5.36. The first-order chi connectivity index (χ1) is 15.8. The van der Waals surface area contributed by atoms with E-state index in [1.807, 2.05) is 0 Å². The second-order valence-electron chi connectivity index (χ2n) is 8.55. The van der Waals surface area contributed by atoms with Crippen molar-refractivity contribution in [2.24, 2.45) is 11.8 Å². The average molecular weight is 455 g/mol. The maximum absolute atomic E-state index is 14.2. The average Bonchev–Trinajstić information content (AvgIpc) is 3.34. The van der Waals surface area contributed by atoms with Gasteiger partial charge in [0, 0.05) is 24.4 Å². The first-order valence-electron chi connectivity index (χ1n) is 10.5. The largest absolute Gasteiger partial charge is 0.504 e. The van der Waals surface area contributed by atoms with Crippen molar-refractivity contribution < 1.29 is 33.7 Å². The summed E-state index contributed by atoms with van der Waals surface area (Å²) in [6.45, 7) is 0.187. The van der Waals surface area contributed by atoms with Crippen molar-refractivity contribution in [2.45, 2.75) is 18.0 Å². The third-order valence-electron chi connectivity index (χ3n) is 6.78. The molecule has 0 saturated carbocycles. The Kier molecular flexibility index (Phi) is 4.87. The molecule has 172 valence electrons. The van der Waals surface area contributed by atoms with Crippen molar-refractivity contribution in [3.63, 3.8) is 0 Å². The zero-order chi connectivity index (χ0) is 23.5. The minimum Gasteiger partial charge on any atom is -0.504 e. The van der Waals surface area contributed by atoms with Gasteiger partial charge >= 0.3 is 0 Å². The number of fused-ring (bicyclic) bond motifs is 4. The predicted octanol–water partition coefficient (Wildman–Crippen LogP) is 0.846. The number of imide groups is 1. The van der Waals surface area contributed by atoms with Crippen LogP contribution in [-0.4, -0.2) is 59.1 Å². The van der Waals surface area contributed by atoms with Gasteiger partial charge in [0.1, 0.15) is 11.4 Å². The van der Waals surface area contributed by atoms with Gasteiger partial charge in [0.15, 0.2) is 11.5 Å². The number of phenols is 2. The van der Waals surface area contributed by atoms with Crippen LogP contribution >= 0.6 is 0 Å². The Labute approximate surface area is 188 Å². The first kappa shape index (κ1) is 21.4. The number of amides is 3. The van der Waals surface area contributed by atoms with E-state index in [1.165, 1.54) is 37.4 Å². The highest BCUT2D eigenvalue weighted by atomic mass is 19.1. The number of halogens is 1. The number of ether oxygens (including phenoxy) is 1. The Morgan fingerprint density at radius 1 is 1.09 bits per heavy atom. The minimum atomic E-state index is -1.61. The molecule has 3 aliphatic heterocycles. The van der Waals surface area contributed by atoms with Crippen molar-refractivity contribution >= 4 is 23.4 Å². The van der Waals surface area contributed by atoms with E-state index in [1.54, 1.807) is 6.07 Å². The molecule has 2 saturated heterocycles. The lowest BCUT2D eigenvalue weighted by Gasteiger charge is -2.29. The van der Waals surface area contributed by atoms with E-state index in [0.717, 1.165) is 4.90 Å². The number of hydrogen-bond acceptors (Lipinski definition) is 7. The minimum absolute atomic E-state index is 0.0432. The van der Waals surface area contributed by atoms with Gasteiger partial charge in [-0.15, -0.1) is 0 Å². The van der Waals surface area contributed by atoms with E-state index in [0.29, 0.717) is 11.3 Å². The molecule has 0 bridgehead atoms. The van der Waals surface area contributed by atoms with Gasteiger partial charge in [0.05, 0.1) is 25.0 Å². The number of phenolic OH excluding ortho intramolecular Hbond substituents is 2. The third kappa shape index (κ3) is 3.01. The predicted molar refractivity (Wildman–Crippen MR) is 113 cm³/mol. The van der Waals surface area contributed by atoms with Gasteiger partial charge in [-0.1, -0.05) is 6.07 Å². The van der Waals surface area contributed by atoms with Gasteiger partial charge in [-0.05, 0) is 42.3 Å². The maximum Gasteiger partial charge on any atom is 0.250 e. The molecule has 0 aliphatic carbocycles. The summed E-state index contributed by atoms with van der Waals surface area (Å²) in [5.41, 5.74) is -0.355. The quantitative estimate of drug-likeness (QED) is 0.389. The van der Waals surface area contributed by atoms with Crippen molar-refractivity contribution in [1.29, 1.82) is 0 Å². The molecule has 4 N–H and O–H groups in total. The maximum atomic E-state index is 14.2. The van der Waals surface area contributed by atoms with Gasteiger partial charge < -0.3 is 20.3 Å². The van der Waals surface area contributed by atoms with Crippen molar-refractivity contribution in [1.82, 2.24) is 10.2 Å². The molecule has 4 atom stereocenters. The van der Waals surface area contributed by atoms with Crippen LogP contribution in [0.2, 0.25) is 0 Å². The highest BCUT2D eigenvalue weighted by Gasteiger charge is 2.70. The molecule has 5 rings (SSSR count). The number of hydrogen-bond donors (Lipinski definition) is 4. The summed E-state index contributed by atoms with van der Waals surface area (Å²) >= 11 is 0. The van der Waals surface area contributed by atoms with E-state index in [4.69, 9.17) is 4.74 Å². The van der Waals surface area contributed by atoms with E-state index in [9.17, 15) is 29.0 Å².